The van der Waals surface area contributed by atoms with Crippen LogP contribution in [0.25, 0.3) is 0 Å². The van der Waals surface area contributed by atoms with Crippen molar-refractivity contribution in [2.24, 2.45) is 0 Å². The van der Waals surface area contributed by atoms with Crippen LogP contribution in [-0.4, -0.2) is 24.0 Å². The number of nitrogens with zero attached hydrogens (tertiary/aromatic N) is 1. The van der Waals surface area contributed by atoms with E-state index in [1.807, 2.05) is 26.0 Å². The largest absolute Gasteiger partial charge is 0.465 e. The number of aryl methyl sites for hydroxylation is 1. The highest BCUT2D eigenvalue weighted by Crippen LogP contribution is 2.23. The molecule has 1 unspecified atom stereocenters. The monoisotopic (exact) mass is 353 g/mol. The lowest BCUT2D eigenvalue weighted by molar-refractivity contribution is 0.0599. The summed E-state index contributed by atoms with van der Waals surface area (Å²) < 4.78 is 4.85. The van der Waals surface area contributed by atoms with Gasteiger partial charge in [-0.3, -0.25) is 4.79 Å². The smallest absolute Gasteiger partial charge is 0.339 e. The van der Waals surface area contributed by atoms with Crippen molar-refractivity contribution in [1.29, 1.82) is 5.26 Å². The van der Waals surface area contributed by atoms with Gasteiger partial charge in [-0.05, 0) is 43.5 Å². The summed E-state index contributed by atoms with van der Waals surface area (Å²) in [6, 6.07) is 8.89. The zero-order valence-electron chi connectivity index (χ0n) is 15.5. The van der Waals surface area contributed by atoms with Crippen LogP contribution in [0.2, 0.25) is 0 Å². The summed E-state index contributed by atoms with van der Waals surface area (Å²) in [5.41, 5.74) is 3.60. The molecule has 1 aromatic heterocycles. The Labute approximate surface area is 153 Å². The van der Waals surface area contributed by atoms with Gasteiger partial charge in [-0.1, -0.05) is 25.5 Å². The Kier molecular flexibility index (Phi) is 6.18. The molecule has 6 nitrogen and oxygen atoms in total. The molecule has 1 heterocycles. The lowest BCUT2D eigenvalue weighted by atomic mass is 10.0. The standard InChI is InChI=1S/C20H23N3O3/c1-5-6-16-17(20(25)26-4)13(3)22-18(16)19(24)23-12(2)15-9-7-14(11-21)8-10-15/h7-10,12,22H,5-6H2,1-4H3,(H,23,24). The van der Waals surface area contributed by atoms with Crippen LogP contribution >= 0.6 is 0 Å². The highest BCUT2D eigenvalue weighted by molar-refractivity contribution is 6.00. The lowest BCUT2D eigenvalue weighted by Crippen LogP contribution is -2.28. The second kappa shape index (κ2) is 8.34. The van der Waals surface area contributed by atoms with E-state index in [0.717, 1.165) is 12.0 Å². The fourth-order valence-corrected chi connectivity index (χ4v) is 2.95. The molecule has 0 bridgehead atoms. The Morgan fingerprint density at radius 1 is 1.31 bits per heavy atom. The number of methoxy groups -OCH3 is 1. The van der Waals surface area contributed by atoms with Crippen LogP contribution < -0.4 is 5.32 Å². The topological polar surface area (TPSA) is 95.0 Å². The van der Waals surface area contributed by atoms with Crippen molar-refractivity contribution >= 4 is 11.9 Å². The minimum absolute atomic E-state index is 0.241. The molecule has 0 aliphatic heterocycles. The molecule has 1 atom stereocenters. The van der Waals surface area contributed by atoms with Gasteiger partial charge in [0.15, 0.2) is 0 Å². The van der Waals surface area contributed by atoms with Crippen molar-refractivity contribution in [2.75, 3.05) is 7.11 Å². The molecule has 2 rings (SSSR count). The van der Waals surface area contributed by atoms with Crippen molar-refractivity contribution in [3.05, 3.63) is 57.9 Å². The Hall–Kier alpha value is -3.07. The number of nitrogens with one attached hydrogen (secondary N) is 2. The van der Waals surface area contributed by atoms with Gasteiger partial charge in [-0.2, -0.15) is 5.26 Å². The van der Waals surface area contributed by atoms with Gasteiger partial charge < -0.3 is 15.0 Å². The maximum absolute atomic E-state index is 12.8. The molecule has 1 amide bonds. The Morgan fingerprint density at radius 2 is 1.96 bits per heavy atom. The van der Waals surface area contributed by atoms with Gasteiger partial charge in [0.25, 0.3) is 5.91 Å². The van der Waals surface area contributed by atoms with E-state index in [0.29, 0.717) is 34.5 Å². The SMILES string of the molecule is CCCc1c(C(=O)NC(C)c2ccc(C#N)cc2)[nH]c(C)c1C(=O)OC. The maximum atomic E-state index is 12.8. The van der Waals surface area contributed by atoms with Gasteiger partial charge in [-0.25, -0.2) is 4.79 Å². The Bertz CT molecular complexity index is 844. The normalized spacial score (nSPS) is 11.5. The van der Waals surface area contributed by atoms with Crippen LogP contribution in [0.3, 0.4) is 0 Å². The molecule has 0 radical (unpaired) electrons. The van der Waals surface area contributed by atoms with Gasteiger partial charge in [0, 0.05) is 5.69 Å². The summed E-state index contributed by atoms with van der Waals surface area (Å²) in [4.78, 5) is 27.9. The summed E-state index contributed by atoms with van der Waals surface area (Å²) in [7, 11) is 1.33. The first-order valence-electron chi connectivity index (χ1n) is 8.53. The highest BCUT2D eigenvalue weighted by atomic mass is 16.5. The van der Waals surface area contributed by atoms with Gasteiger partial charge >= 0.3 is 5.97 Å². The zero-order chi connectivity index (χ0) is 19.3. The number of rotatable bonds is 6. The van der Waals surface area contributed by atoms with Crippen LogP contribution in [0.15, 0.2) is 24.3 Å². The number of carbonyl (C=O) groups is 2. The molecule has 0 spiro atoms. The number of amides is 1. The number of benzene rings is 1. The number of carbonyl (C=O) groups excluding carboxylic acids is 2. The minimum atomic E-state index is -0.443. The molecule has 2 aromatic rings. The molecule has 1 aromatic carbocycles. The van der Waals surface area contributed by atoms with Crippen molar-refractivity contribution in [3.63, 3.8) is 0 Å². The highest BCUT2D eigenvalue weighted by Gasteiger charge is 2.25. The van der Waals surface area contributed by atoms with Crippen LogP contribution in [-0.2, 0) is 11.2 Å². The molecule has 2 N–H and O–H groups in total. The van der Waals surface area contributed by atoms with Crippen molar-refractivity contribution in [2.45, 2.75) is 39.7 Å². The van der Waals surface area contributed by atoms with E-state index in [4.69, 9.17) is 10.00 Å². The number of esters is 1. The first-order chi connectivity index (χ1) is 12.4. The predicted octanol–water partition coefficient (Wildman–Crippen LogP) is 3.42. The summed E-state index contributed by atoms with van der Waals surface area (Å²) in [5, 5.41) is 11.8. The fourth-order valence-electron chi connectivity index (χ4n) is 2.95. The third kappa shape index (κ3) is 3.94. The molecule has 6 heteroatoms. The van der Waals surface area contributed by atoms with E-state index in [1.54, 1.807) is 19.1 Å². The fraction of sp³-hybridized carbons (Fsp3) is 0.350. The summed E-state index contributed by atoms with van der Waals surface area (Å²) in [6.45, 7) is 5.62. The maximum Gasteiger partial charge on any atom is 0.339 e. The average molecular weight is 353 g/mol. The quantitative estimate of drug-likeness (QED) is 0.778. The lowest BCUT2D eigenvalue weighted by Gasteiger charge is -2.15. The average Bonchev–Trinajstić information content (AvgIpc) is 2.97. The number of nitriles is 1. The minimum Gasteiger partial charge on any atom is -0.465 e. The molecule has 0 fully saturated rings. The third-order valence-electron chi connectivity index (χ3n) is 4.30. The second-order valence-corrected chi connectivity index (χ2v) is 6.15. The van der Waals surface area contributed by atoms with Crippen LogP contribution in [0.4, 0.5) is 0 Å². The predicted molar refractivity (Wildman–Crippen MR) is 97.9 cm³/mol. The van der Waals surface area contributed by atoms with Crippen molar-refractivity contribution in [1.82, 2.24) is 10.3 Å². The van der Waals surface area contributed by atoms with Crippen LogP contribution in [0, 0.1) is 18.3 Å². The third-order valence-corrected chi connectivity index (χ3v) is 4.30. The van der Waals surface area contributed by atoms with E-state index in [1.165, 1.54) is 7.11 Å². The number of aromatic nitrogens is 1. The molecule has 0 saturated carbocycles. The first-order valence-corrected chi connectivity index (χ1v) is 8.53. The molecule has 0 aliphatic carbocycles. The summed E-state index contributed by atoms with van der Waals surface area (Å²) >= 11 is 0. The van der Waals surface area contributed by atoms with E-state index in [2.05, 4.69) is 16.4 Å². The van der Waals surface area contributed by atoms with E-state index >= 15 is 0 Å². The van der Waals surface area contributed by atoms with Crippen molar-refractivity contribution in [3.8, 4) is 6.07 Å². The summed E-state index contributed by atoms with van der Waals surface area (Å²) in [6.07, 6.45) is 1.40. The Morgan fingerprint density at radius 3 is 2.50 bits per heavy atom. The number of ether oxygens (including phenoxy) is 1. The first kappa shape index (κ1) is 19.3. The number of aromatic amines is 1. The van der Waals surface area contributed by atoms with Crippen LogP contribution in [0.1, 0.15) is 69.5 Å². The van der Waals surface area contributed by atoms with Gasteiger partial charge in [0.05, 0.1) is 30.3 Å². The number of hydrogen-bond donors (Lipinski definition) is 2. The van der Waals surface area contributed by atoms with E-state index in [9.17, 15) is 9.59 Å². The number of H-pyrrole nitrogens is 1. The molecule has 0 aliphatic rings. The van der Waals surface area contributed by atoms with Gasteiger partial charge in [0.1, 0.15) is 5.69 Å². The molecular weight excluding hydrogens is 330 g/mol. The number of hydrogen-bond acceptors (Lipinski definition) is 4. The zero-order valence-corrected chi connectivity index (χ0v) is 15.5. The van der Waals surface area contributed by atoms with Gasteiger partial charge in [0.2, 0.25) is 0 Å². The molecular formula is C20H23N3O3. The molecule has 136 valence electrons. The van der Waals surface area contributed by atoms with E-state index in [-0.39, 0.29) is 11.9 Å². The molecule has 0 saturated heterocycles. The second-order valence-electron chi connectivity index (χ2n) is 6.15. The van der Waals surface area contributed by atoms with Crippen LogP contribution in [0.5, 0.6) is 0 Å². The van der Waals surface area contributed by atoms with Gasteiger partial charge in [-0.15, -0.1) is 0 Å². The summed E-state index contributed by atoms with van der Waals surface area (Å²) in [5.74, 6) is -0.718. The van der Waals surface area contributed by atoms with Crippen molar-refractivity contribution < 1.29 is 14.3 Å². The Balaban J connectivity index is 2.28. The molecule has 26 heavy (non-hydrogen) atoms. The van der Waals surface area contributed by atoms with E-state index < -0.39 is 5.97 Å².